The van der Waals surface area contributed by atoms with Crippen molar-refractivity contribution >= 4 is 28.4 Å². The highest BCUT2D eigenvalue weighted by Gasteiger charge is 2.13. The fraction of sp³-hybridized carbons (Fsp3) is 0.769. The van der Waals surface area contributed by atoms with E-state index in [2.05, 4.69) is 35.6 Å². The SMILES string of the molecule is CCCCC(=O)/C(I)=C/C1CCCCC1. The summed E-state index contributed by atoms with van der Waals surface area (Å²) < 4.78 is 0.980. The Morgan fingerprint density at radius 1 is 1.33 bits per heavy atom. The molecule has 1 fully saturated rings. The highest BCUT2D eigenvalue weighted by Crippen LogP contribution is 2.27. The average molecular weight is 320 g/mol. The third kappa shape index (κ3) is 5.14. The van der Waals surface area contributed by atoms with Crippen molar-refractivity contribution in [1.29, 1.82) is 0 Å². The van der Waals surface area contributed by atoms with E-state index >= 15 is 0 Å². The molecule has 1 saturated carbocycles. The standard InChI is InChI=1S/C13H21IO/c1-2-3-9-13(15)12(14)10-11-7-5-4-6-8-11/h10-11H,2-9H2,1H3/b12-10-. The Balaban J connectivity index is 2.39. The Kier molecular flexibility index (Phi) is 6.53. The van der Waals surface area contributed by atoms with Crippen molar-refractivity contribution in [2.75, 3.05) is 0 Å². The number of unbranched alkanes of at least 4 members (excludes halogenated alkanes) is 1. The van der Waals surface area contributed by atoms with Gasteiger partial charge in [0.25, 0.3) is 0 Å². The average Bonchev–Trinajstić information content (AvgIpc) is 2.27. The maximum Gasteiger partial charge on any atom is 0.168 e. The molecule has 0 aromatic heterocycles. The van der Waals surface area contributed by atoms with Crippen LogP contribution >= 0.6 is 22.6 Å². The van der Waals surface area contributed by atoms with E-state index in [1.807, 2.05) is 0 Å². The van der Waals surface area contributed by atoms with Gasteiger partial charge in [0, 0.05) is 6.42 Å². The highest BCUT2D eigenvalue weighted by molar-refractivity contribution is 14.1. The molecule has 0 unspecified atom stereocenters. The summed E-state index contributed by atoms with van der Waals surface area (Å²) in [7, 11) is 0. The van der Waals surface area contributed by atoms with E-state index in [0.29, 0.717) is 11.7 Å². The lowest BCUT2D eigenvalue weighted by atomic mass is 9.89. The molecule has 0 amide bonds. The number of hydrogen-bond acceptors (Lipinski definition) is 1. The Labute approximate surface area is 107 Å². The molecule has 1 nitrogen and oxygen atoms in total. The number of ketones is 1. The summed E-state index contributed by atoms with van der Waals surface area (Å²) in [5.41, 5.74) is 0. The molecule has 0 aromatic rings. The Morgan fingerprint density at radius 2 is 2.00 bits per heavy atom. The molecule has 1 aliphatic carbocycles. The van der Waals surface area contributed by atoms with Gasteiger partial charge in [-0.1, -0.05) is 38.7 Å². The Morgan fingerprint density at radius 3 is 2.60 bits per heavy atom. The van der Waals surface area contributed by atoms with Crippen molar-refractivity contribution in [2.45, 2.75) is 58.3 Å². The van der Waals surface area contributed by atoms with Crippen molar-refractivity contribution < 1.29 is 4.79 Å². The van der Waals surface area contributed by atoms with Gasteiger partial charge in [-0.2, -0.15) is 0 Å². The van der Waals surface area contributed by atoms with Gasteiger partial charge in [0.05, 0.1) is 3.58 Å². The molecule has 0 heterocycles. The molecule has 86 valence electrons. The quantitative estimate of drug-likeness (QED) is 0.532. The number of allylic oxidation sites excluding steroid dienone is 2. The number of rotatable bonds is 5. The van der Waals surface area contributed by atoms with Crippen LogP contribution in [0.25, 0.3) is 0 Å². The summed E-state index contributed by atoms with van der Waals surface area (Å²) in [6.07, 6.45) is 11.7. The van der Waals surface area contributed by atoms with Gasteiger partial charge in [-0.25, -0.2) is 0 Å². The van der Waals surface area contributed by atoms with Crippen molar-refractivity contribution in [2.24, 2.45) is 5.92 Å². The van der Waals surface area contributed by atoms with Crippen LogP contribution in [-0.4, -0.2) is 5.78 Å². The maximum absolute atomic E-state index is 11.7. The molecule has 1 rings (SSSR count). The first-order valence-electron chi connectivity index (χ1n) is 6.14. The van der Waals surface area contributed by atoms with Gasteiger partial charge in [0.2, 0.25) is 0 Å². The van der Waals surface area contributed by atoms with Gasteiger partial charge >= 0.3 is 0 Å². The van der Waals surface area contributed by atoms with Crippen LogP contribution in [0, 0.1) is 5.92 Å². The number of halogens is 1. The fourth-order valence-corrected chi connectivity index (χ4v) is 2.84. The second-order valence-electron chi connectivity index (χ2n) is 4.44. The molecule has 0 spiro atoms. The molecule has 1 aliphatic rings. The van der Waals surface area contributed by atoms with E-state index in [4.69, 9.17) is 0 Å². The molecule has 0 aromatic carbocycles. The molecule has 0 aliphatic heterocycles. The minimum Gasteiger partial charge on any atom is -0.294 e. The minimum atomic E-state index is 0.350. The van der Waals surface area contributed by atoms with Crippen LogP contribution in [-0.2, 0) is 4.79 Å². The fourth-order valence-electron chi connectivity index (χ4n) is 2.06. The molecule has 0 bridgehead atoms. The number of carbonyl (C=O) groups excluding carboxylic acids is 1. The zero-order valence-corrected chi connectivity index (χ0v) is 11.8. The second-order valence-corrected chi connectivity index (χ2v) is 5.60. The van der Waals surface area contributed by atoms with E-state index in [-0.39, 0.29) is 0 Å². The van der Waals surface area contributed by atoms with Gasteiger partial charge < -0.3 is 0 Å². The normalized spacial score (nSPS) is 19.2. The van der Waals surface area contributed by atoms with Gasteiger partial charge in [-0.05, 0) is 47.8 Å². The van der Waals surface area contributed by atoms with Crippen molar-refractivity contribution in [3.8, 4) is 0 Å². The number of carbonyl (C=O) groups is 1. The third-order valence-electron chi connectivity index (χ3n) is 3.06. The summed E-state index contributed by atoms with van der Waals surface area (Å²) >= 11 is 2.22. The molecule has 0 saturated heterocycles. The summed E-state index contributed by atoms with van der Waals surface area (Å²) in [6, 6.07) is 0. The molecule has 0 radical (unpaired) electrons. The summed E-state index contributed by atoms with van der Waals surface area (Å²) in [5, 5.41) is 0. The van der Waals surface area contributed by atoms with E-state index < -0.39 is 0 Å². The Hall–Kier alpha value is 0.140. The first-order valence-corrected chi connectivity index (χ1v) is 7.22. The van der Waals surface area contributed by atoms with Gasteiger partial charge in [-0.15, -0.1) is 0 Å². The first-order chi connectivity index (χ1) is 7.24. The van der Waals surface area contributed by atoms with E-state index in [1.165, 1.54) is 32.1 Å². The van der Waals surface area contributed by atoms with E-state index in [9.17, 15) is 4.79 Å². The van der Waals surface area contributed by atoms with Crippen molar-refractivity contribution in [3.05, 3.63) is 9.66 Å². The molecule has 15 heavy (non-hydrogen) atoms. The topological polar surface area (TPSA) is 17.1 Å². The van der Waals surface area contributed by atoms with Crippen LogP contribution in [0.4, 0.5) is 0 Å². The zero-order chi connectivity index (χ0) is 11.1. The lowest BCUT2D eigenvalue weighted by molar-refractivity contribution is -0.114. The molecule has 0 atom stereocenters. The molecular formula is C13H21IO. The van der Waals surface area contributed by atoms with E-state index in [0.717, 1.165) is 22.8 Å². The minimum absolute atomic E-state index is 0.350. The van der Waals surface area contributed by atoms with Crippen molar-refractivity contribution in [3.63, 3.8) is 0 Å². The molecule has 0 N–H and O–H groups in total. The van der Waals surface area contributed by atoms with E-state index in [1.54, 1.807) is 0 Å². The number of Topliss-reactive ketones (excluding diaryl/α,β-unsaturated/α-hetero) is 1. The highest BCUT2D eigenvalue weighted by atomic mass is 127. The van der Waals surface area contributed by atoms with Crippen LogP contribution < -0.4 is 0 Å². The van der Waals surface area contributed by atoms with Crippen LogP contribution in [0.2, 0.25) is 0 Å². The van der Waals surface area contributed by atoms with Gasteiger partial charge in [0.1, 0.15) is 0 Å². The lowest BCUT2D eigenvalue weighted by Gasteiger charge is -2.18. The van der Waals surface area contributed by atoms with Crippen molar-refractivity contribution in [1.82, 2.24) is 0 Å². The van der Waals surface area contributed by atoms with Crippen LogP contribution in [0.15, 0.2) is 9.66 Å². The molecule has 2 heteroatoms. The summed E-state index contributed by atoms with van der Waals surface area (Å²) in [4.78, 5) is 11.7. The van der Waals surface area contributed by atoms with Gasteiger partial charge in [-0.3, -0.25) is 4.79 Å². The summed E-state index contributed by atoms with van der Waals surface area (Å²) in [5.74, 6) is 1.03. The second kappa shape index (κ2) is 7.42. The smallest absolute Gasteiger partial charge is 0.168 e. The predicted octanol–water partition coefficient (Wildman–Crippen LogP) is 4.64. The number of hydrogen-bond donors (Lipinski definition) is 0. The van der Waals surface area contributed by atoms with Crippen LogP contribution in [0.1, 0.15) is 58.3 Å². The summed E-state index contributed by atoms with van der Waals surface area (Å²) in [6.45, 7) is 2.13. The lowest BCUT2D eigenvalue weighted by Crippen LogP contribution is -2.05. The Bertz CT molecular complexity index is 227. The largest absolute Gasteiger partial charge is 0.294 e. The third-order valence-corrected chi connectivity index (χ3v) is 4.02. The predicted molar refractivity (Wildman–Crippen MR) is 73.2 cm³/mol. The zero-order valence-electron chi connectivity index (χ0n) is 9.60. The van der Waals surface area contributed by atoms with Crippen LogP contribution in [0.5, 0.6) is 0 Å². The van der Waals surface area contributed by atoms with Crippen LogP contribution in [0.3, 0.4) is 0 Å². The maximum atomic E-state index is 11.7. The monoisotopic (exact) mass is 320 g/mol. The van der Waals surface area contributed by atoms with Gasteiger partial charge in [0.15, 0.2) is 5.78 Å². The molecular weight excluding hydrogens is 299 g/mol. The first kappa shape index (κ1) is 13.2.